The molecule has 6 atom stereocenters. The van der Waals surface area contributed by atoms with Crippen molar-refractivity contribution in [3.63, 3.8) is 0 Å². The summed E-state index contributed by atoms with van der Waals surface area (Å²) in [7, 11) is -1.98. The van der Waals surface area contributed by atoms with Gasteiger partial charge in [-0.25, -0.2) is 0 Å². The Hall–Kier alpha value is -2.57. The number of hydrogen-bond donors (Lipinski definition) is 0. The number of aryl methyl sites for hydroxylation is 1. The first kappa shape index (κ1) is 30.5. The lowest BCUT2D eigenvalue weighted by molar-refractivity contribution is -0.203. The van der Waals surface area contributed by atoms with E-state index in [4.69, 9.17) is 13.9 Å². The SMILES string of the molecule is CC(C)(C)[C@@H]1[C@H]2CC(=O)C(CO[SiH](c3ccccc3)c3ccccc3)[C@]2(CCc2ccccc2)C[C@H]1OC1CCCCO1. The molecular formula is C38H48O4Si. The highest BCUT2D eigenvalue weighted by Gasteiger charge is 2.65. The molecule has 2 aliphatic carbocycles. The third kappa shape index (κ3) is 6.61. The lowest BCUT2D eigenvalue weighted by Gasteiger charge is -2.39. The van der Waals surface area contributed by atoms with Gasteiger partial charge < -0.3 is 13.9 Å². The van der Waals surface area contributed by atoms with E-state index in [2.05, 4.69) is 112 Å². The molecule has 5 heteroatoms. The van der Waals surface area contributed by atoms with Crippen molar-refractivity contribution in [1.29, 1.82) is 0 Å². The molecule has 6 rings (SSSR count). The summed E-state index contributed by atoms with van der Waals surface area (Å²) < 4.78 is 20.0. The van der Waals surface area contributed by atoms with Gasteiger partial charge in [0.15, 0.2) is 6.29 Å². The largest absolute Gasteiger partial charge is 0.410 e. The Morgan fingerprint density at radius 1 is 0.884 bits per heavy atom. The number of benzene rings is 3. The zero-order valence-electron chi connectivity index (χ0n) is 26.1. The molecule has 1 saturated heterocycles. The second-order valence-electron chi connectivity index (χ2n) is 14.1. The third-order valence-electron chi connectivity index (χ3n) is 10.5. The van der Waals surface area contributed by atoms with Crippen LogP contribution in [0.15, 0.2) is 91.0 Å². The first-order valence-electron chi connectivity index (χ1n) is 16.4. The maximum atomic E-state index is 14.1. The van der Waals surface area contributed by atoms with Gasteiger partial charge in [-0.1, -0.05) is 112 Å². The molecule has 228 valence electrons. The van der Waals surface area contributed by atoms with Crippen molar-refractivity contribution in [3.05, 3.63) is 96.6 Å². The molecule has 43 heavy (non-hydrogen) atoms. The van der Waals surface area contributed by atoms with E-state index in [9.17, 15) is 4.79 Å². The Balaban J connectivity index is 1.33. The van der Waals surface area contributed by atoms with Crippen LogP contribution in [0.2, 0.25) is 0 Å². The number of hydrogen-bond acceptors (Lipinski definition) is 4. The zero-order chi connectivity index (χ0) is 29.9. The molecule has 3 fully saturated rings. The average molecular weight is 597 g/mol. The van der Waals surface area contributed by atoms with Crippen LogP contribution in [0.4, 0.5) is 0 Å². The molecule has 1 heterocycles. The predicted molar refractivity (Wildman–Crippen MR) is 175 cm³/mol. The van der Waals surface area contributed by atoms with E-state index in [1.54, 1.807) is 0 Å². The van der Waals surface area contributed by atoms with Gasteiger partial charge in [0.25, 0.3) is 0 Å². The van der Waals surface area contributed by atoms with Crippen molar-refractivity contribution in [3.8, 4) is 0 Å². The van der Waals surface area contributed by atoms with E-state index in [0.29, 0.717) is 24.7 Å². The summed E-state index contributed by atoms with van der Waals surface area (Å²) in [5.41, 5.74) is 1.19. The lowest BCUT2D eigenvalue weighted by Crippen LogP contribution is -2.47. The number of fused-ring (bicyclic) bond motifs is 1. The molecule has 0 N–H and O–H groups in total. The van der Waals surface area contributed by atoms with Crippen LogP contribution in [0.25, 0.3) is 0 Å². The van der Waals surface area contributed by atoms with Gasteiger partial charge in [0.1, 0.15) is 5.78 Å². The number of ketones is 1. The van der Waals surface area contributed by atoms with Gasteiger partial charge >= 0.3 is 0 Å². The molecule has 0 aromatic heterocycles. The highest BCUT2D eigenvalue weighted by molar-refractivity contribution is 6.80. The highest BCUT2D eigenvalue weighted by Crippen LogP contribution is 2.65. The molecular weight excluding hydrogens is 549 g/mol. The molecule has 0 radical (unpaired) electrons. The molecule has 3 aromatic rings. The molecule has 0 spiro atoms. The van der Waals surface area contributed by atoms with Crippen LogP contribution in [0.1, 0.15) is 64.9 Å². The van der Waals surface area contributed by atoms with Gasteiger partial charge in [0, 0.05) is 25.6 Å². The Bertz CT molecular complexity index is 1280. The highest BCUT2D eigenvalue weighted by atomic mass is 28.3. The van der Waals surface area contributed by atoms with E-state index < -0.39 is 9.04 Å². The van der Waals surface area contributed by atoms with Gasteiger partial charge in [-0.15, -0.1) is 0 Å². The summed E-state index contributed by atoms with van der Waals surface area (Å²) in [4.78, 5) is 14.1. The quantitative estimate of drug-likeness (QED) is 0.256. The molecule has 3 aromatic carbocycles. The van der Waals surface area contributed by atoms with E-state index >= 15 is 0 Å². The van der Waals surface area contributed by atoms with E-state index in [0.717, 1.165) is 45.1 Å². The molecule has 3 aliphatic rings. The Morgan fingerprint density at radius 2 is 1.51 bits per heavy atom. The van der Waals surface area contributed by atoms with Crippen LogP contribution in [-0.4, -0.2) is 40.4 Å². The Morgan fingerprint density at radius 3 is 2.09 bits per heavy atom. The van der Waals surface area contributed by atoms with Crippen molar-refractivity contribution in [2.45, 2.75) is 78.1 Å². The zero-order valence-corrected chi connectivity index (χ0v) is 27.3. The van der Waals surface area contributed by atoms with Crippen molar-refractivity contribution < 1.29 is 18.7 Å². The number of rotatable bonds is 10. The predicted octanol–water partition coefficient (Wildman–Crippen LogP) is 6.34. The summed E-state index contributed by atoms with van der Waals surface area (Å²) in [6, 6.07) is 32.0. The van der Waals surface area contributed by atoms with Gasteiger partial charge in [-0.2, -0.15) is 0 Å². The monoisotopic (exact) mass is 596 g/mol. The second kappa shape index (κ2) is 13.2. The van der Waals surface area contributed by atoms with Crippen LogP contribution in [0, 0.1) is 28.6 Å². The molecule has 0 amide bonds. The number of ether oxygens (including phenoxy) is 2. The second-order valence-corrected chi connectivity index (χ2v) is 16.6. The minimum Gasteiger partial charge on any atom is -0.410 e. The van der Waals surface area contributed by atoms with E-state index in [1.165, 1.54) is 15.9 Å². The molecule has 1 aliphatic heterocycles. The van der Waals surface area contributed by atoms with Crippen molar-refractivity contribution in [2.24, 2.45) is 28.6 Å². The van der Waals surface area contributed by atoms with Gasteiger partial charge in [-0.3, -0.25) is 4.79 Å². The maximum absolute atomic E-state index is 14.1. The summed E-state index contributed by atoms with van der Waals surface area (Å²) in [5.74, 6) is 0.821. The van der Waals surface area contributed by atoms with E-state index in [1.807, 2.05) is 0 Å². The standard InChI is InChI=1S/C38H48O4Si/c1-37(2,3)36-31-25-33(39)32(27-41-43(29-17-9-5-10-18-29)30-19-11-6-12-20-30)38(31,23-22-28-15-7-4-8-16-28)26-34(36)42-35-21-13-14-24-40-35/h4-12,15-20,31-32,34-36,43H,13-14,21-27H2,1-3H3/t31-,32?,34-,35?,36-,38-/m1/s1. The number of carbonyl (C=O) groups is 1. The summed E-state index contributed by atoms with van der Waals surface area (Å²) in [6.45, 7) is 8.27. The fourth-order valence-corrected chi connectivity index (χ4v) is 10.9. The normalized spacial score (nSPS) is 29.2. The number of carbonyl (C=O) groups excluding carboxylic acids is 1. The summed E-state index contributed by atoms with van der Waals surface area (Å²) >= 11 is 0. The first-order valence-corrected chi connectivity index (χ1v) is 18.0. The summed E-state index contributed by atoms with van der Waals surface area (Å²) in [5, 5.41) is 2.51. The van der Waals surface area contributed by atoms with Crippen LogP contribution < -0.4 is 10.4 Å². The van der Waals surface area contributed by atoms with Crippen LogP contribution >= 0.6 is 0 Å². The Kier molecular flexibility index (Phi) is 9.34. The molecule has 2 saturated carbocycles. The van der Waals surface area contributed by atoms with Gasteiger partial charge in [0.05, 0.1) is 6.10 Å². The Labute approximate surface area is 259 Å². The van der Waals surface area contributed by atoms with Crippen molar-refractivity contribution >= 4 is 25.2 Å². The third-order valence-corrected chi connectivity index (χ3v) is 13.0. The number of Topliss-reactive ketones (excluding diaryl/α,β-unsaturated/α-hetero) is 1. The maximum Gasteiger partial charge on any atom is 0.239 e. The molecule has 2 unspecified atom stereocenters. The minimum absolute atomic E-state index is 0.0138. The minimum atomic E-state index is -1.98. The van der Waals surface area contributed by atoms with Crippen LogP contribution in [0.3, 0.4) is 0 Å². The fourth-order valence-electron chi connectivity index (χ4n) is 8.56. The lowest BCUT2D eigenvalue weighted by atomic mass is 9.65. The first-order chi connectivity index (χ1) is 20.8. The van der Waals surface area contributed by atoms with Crippen molar-refractivity contribution in [2.75, 3.05) is 13.2 Å². The smallest absolute Gasteiger partial charge is 0.239 e. The fraction of sp³-hybridized carbons (Fsp3) is 0.500. The van der Waals surface area contributed by atoms with E-state index in [-0.39, 0.29) is 35.1 Å². The van der Waals surface area contributed by atoms with Crippen molar-refractivity contribution in [1.82, 2.24) is 0 Å². The van der Waals surface area contributed by atoms with Gasteiger partial charge in [-0.05, 0) is 77.1 Å². The molecule has 4 nitrogen and oxygen atoms in total. The van der Waals surface area contributed by atoms with Crippen LogP contribution in [0.5, 0.6) is 0 Å². The van der Waals surface area contributed by atoms with Gasteiger partial charge in [0.2, 0.25) is 9.04 Å². The molecule has 0 bridgehead atoms. The summed E-state index contributed by atoms with van der Waals surface area (Å²) in [6.07, 6.45) is 6.63. The topological polar surface area (TPSA) is 44.8 Å². The average Bonchev–Trinajstić information content (AvgIpc) is 3.46. The van der Waals surface area contributed by atoms with Crippen LogP contribution in [-0.2, 0) is 25.1 Å².